The fourth-order valence-electron chi connectivity index (χ4n) is 3.98. The molecular weight excluding hydrogens is 338 g/mol. The van der Waals surface area contributed by atoms with Gasteiger partial charge in [0.25, 0.3) is 0 Å². The molecule has 0 aliphatic carbocycles. The van der Waals surface area contributed by atoms with E-state index in [0.29, 0.717) is 12.0 Å². The predicted octanol–water partition coefficient (Wildman–Crippen LogP) is 4.56. The highest BCUT2D eigenvalue weighted by Crippen LogP contribution is 2.44. The molecule has 0 unspecified atom stereocenters. The smallest absolute Gasteiger partial charge is 0.118 e. The quantitative estimate of drug-likeness (QED) is 0.779. The second-order valence-corrected chi connectivity index (χ2v) is 6.11. The van der Waals surface area contributed by atoms with Crippen molar-refractivity contribution in [3.8, 4) is 5.75 Å². The first kappa shape index (κ1) is 15.6. The first-order chi connectivity index (χ1) is 10.4. The molecule has 22 heavy (non-hydrogen) atoms. The number of hydrogen-bond acceptors (Lipinski definition) is 2. The zero-order chi connectivity index (χ0) is 14.2. The Labute approximate surface area is 142 Å². The molecule has 4 rings (SSSR count). The van der Waals surface area contributed by atoms with Crippen molar-refractivity contribution in [3.63, 3.8) is 0 Å². The zero-order valence-corrected chi connectivity index (χ0v) is 14.6. The van der Waals surface area contributed by atoms with E-state index in [1.54, 1.807) is 12.7 Å². The number of hydrogen-bond donors (Lipinski definition) is 0. The molecule has 0 saturated carbocycles. The van der Waals surface area contributed by atoms with Crippen molar-refractivity contribution in [2.75, 3.05) is 20.2 Å². The lowest BCUT2D eigenvalue weighted by Gasteiger charge is -2.37. The Hall–Kier alpha value is -1.32. The van der Waals surface area contributed by atoms with Crippen LogP contribution < -0.4 is 4.74 Å². The molecule has 0 bridgehead atoms. The van der Waals surface area contributed by atoms with E-state index < -0.39 is 0 Å². The number of nitrogens with zero attached hydrogens (tertiary/aromatic N) is 1. The molecule has 1 fully saturated rings. The van der Waals surface area contributed by atoms with Crippen LogP contribution >= 0.6 is 17.0 Å². The average molecular weight is 360 g/mol. The van der Waals surface area contributed by atoms with Crippen LogP contribution in [0.3, 0.4) is 0 Å². The van der Waals surface area contributed by atoms with Crippen molar-refractivity contribution < 1.29 is 4.74 Å². The standard InChI is InChI=1S/C19H21NO.BrH/c1-21-15-10-8-14(9-11-15)18-13-20-12-4-7-19(20)17-6-3-2-5-16(17)18;/h2-3,5-6,8-11,18-19H,4,7,12-13H2,1H3;1H/t18-,19-;/m0./s1. The molecule has 2 aromatic carbocycles. The van der Waals surface area contributed by atoms with Crippen LogP contribution in [0.5, 0.6) is 5.75 Å². The van der Waals surface area contributed by atoms with Crippen LogP contribution in [0.2, 0.25) is 0 Å². The monoisotopic (exact) mass is 359 g/mol. The van der Waals surface area contributed by atoms with Gasteiger partial charge >= 0.3 is 0 Å². The first-order valence-corrected chi connectivity index (χ1v) is 7.83. The fourth-order valence-corrected chi connectivity index (χ4v) is 3.98. The summed E-state index contributed by atoms with van der Waals surface area (Å²) in [7, 11) is 1.72. The second kappa shape index (κ2) is 6.43. The lowest BCUT2D eigenvalue weighted by atomic mass is 9.82. The topological polar surface area (TPSA) is 12.5 Å². The summed E-state index contributed by atoms with van der Waals surface area (Å²) in [6.07, 6.45) is 2.64. The van der Waals surface area contributed by atoms with Crippen molar-refractivity contribution in [2.24, 2.45) is 0 Å². The van der Waals surface area contributed by atoms with E-state index in [-0.39, 0.29) is 17.0 Å². The van der Waals surface area contributed by atoms with E-state index in [1.165, 1.54) is 30.5 Å². The Morgan fingerprint density at radius 1 is 1.00 bits per heavy atom. The minimum absolute atomic E-state index is 0. The van der Waals surface area contributed by atoms with E-state index in [1.807, 2.05) is 0 Å². The molecule has 2 atom stereocenters. The highest BCUT2D eigenvalue weighted by molar-refractivity contribution is 8.93. The highest BCUT2D eigenvalue weighted by atomic mass is 79.9. The molecule has 2 aliphatic rings. The number of halogens is 1. The van der Waals surface area contributed by atoms with Crippen molar-refractivity contribution >= 4 is 17.0 Å². The zero-order valence-electron chi connectivity index (χ0n) is 12.9. The van der Waals surface area contributed by atoms with Crippen molar-refractivity contribution in [1.29, 1.82) is 0 Å². The van der Waals surface area contributed by atoms with Crippen molar-refractivity contribution in [3.05, 3.63) is 65.2 Å². The maximum atomic E-state index is 5.28. The van der Waals surface area contributed by atoms with Gasteiger partial charge < -0.3 is 4.74 Å². The maximum absolute atomic E-state index is 5.28. The minimum atomic E-state index is 0. The molecule has 0 radical (unpaired) electrons. The van der Waals surface area contributed by atoms with Crippen LogP contribution in [0, 0.1) is 0 Å². The number of ether oxygens (including phenoxy) is 1. The van der Waals surface area contributed by atoms with Crippen LogP contribution in [0.15, 0.2) is 48.5 Å². The number of benzene rings is 2. The average Bonchev–Trinajstić information content (AvgIpc) is 3.03. The number of fused-ring (bicyclic) bond motifs is 3. The molecule has 1 saturated heterocycles. The van der Waals surface area contributed by atoms with Gasteiger partial charge in [-0.15, -0.1) is 17.0 Å². The van der Waals surface area contributed by atoms with E-state index in [9.17, 15) is 0 Å². The van der Waals surface area contributed by atoms with Crippen LogP contribution in [-0.2, 0) is 0 Å². The van der Waals surface area contributed by atoms with Gasteiger partial charge in [0, 0.05) is 18.5 Å². The molecule has 2 nitrogen and oxygen atoms in total. The predicted molar refractivity (Wildman–Crippen MR) is 95.1 cm³/mol. The molecule has 0 N–H and O–H groups in total. The van der Waals surface area contributed by atoms with E-state index in [0.717, 1.165) is 12.3 Å². The Balaban J connectivity index is 0.00000144. The van der Waals surface area contributed by atoms with Gasteiger partial charge in [0.15, 0.2) is 0 Å². The van der Waals surface area contributed by atoms with Crippen LogP contribution in [0.1, 0.15) is 41.5 Å². The van der Waals surface area contributed by atoms with Crippen molar-refractivity contribution in [2.45, 2.75) is 24.8 Å². The van der Waals surface area contributed by atoms with E-state index >= 15 is 0 Å². The van der Waals surface area contributed by atoms with Crippen LogP contribution in [-0.4, -0.2) is 25.1 Å². The van der Waals surface area contributed by atoms with Gasteiger partial charge in [-0.05, 0) is 48.2 Å². The molecule has 0 amide bonds. The second-order valence-electron chi connectivity index (χ2n) is 6.11. The summed E-state index contributed by atoms with van der Waals surface area (Å²) in [5.41, 5.74) is 4.46. The van der Waals surface area contributed by atoms with E-state index in [2.05, 4.69) is 53.4 Å². The number of methoxy groups -OCH3 is 1. The van der Waals surface area contributed by atoms with Crippen molar-refractivity contribution in [1.82, 2.24) is 4.90 Å². The first-order valence-electron chi connectivity index (χ1n) is 7.83. The Kier molecular flexibility index (Phi) is 4.55. The van der Waals surface area contributed by atoms with Gasteiger partial charge in [0.2, 0.25) is 0 Å². The maximum Gasteiger partial charge on any atom is 0.118 e. The molecule has 3 heteroatoms. The summed E-state index contributed by atoms with van der Waals surface area (Å²) in [5, 5.41) is 0. The molecule has 0 aromatic heterocycles. The van der Waals surface area contributed by atoms with Crippen LogP contribution in [0.4, 0.5) is 0 Å². The SMILES string of the molecule is Br.COc1ccc([C@@H]2CN3CCC[C@H]3c3ccccc32)cc1. The van der Waals surface area contributed by atoms with Gasteiger partial charge in [-0.3, -0.25) is 4.90 Å². The molecule has 2 aliphatic heterocycles. The molecule has 2 aromatic rings. The minimum Gasteiger partial charge on any atom is -0.497 e. The number of rotatable bonds is 2. The fraction of sp³-hybridized carbons (Fsp3) is 0.368. The summed E-state index contributed by atoms with van der Waals surface area (Å²) in [6.45, 7) is 2.39. The lowest BCUT2D eigenvalue weighted by Crippen LogP contribution is -2.34. The Morgan fingerprint density at radius 2 is 1.73 bits per heavy atom. The molecule has 116 valence electrons. The van der Waals surface area contributed by atoms with Gasteiger partial charge in [0.1, 0.15) is 5.75 Å². The third-order valence-corrected chi connectivity index (χ3v) is 5.03. The summed E-state index contributed by atoms with van der Waals surface area (Å²) in [5.74, 6) is 1.42. The largest absolute Gasteiger partial charge is 0.497 e. The summed E-state index contributed by atoms with van der Waals surface area (Å²) >= 11 is 0. The van der Waals surface area contributed by atoms with Gasteiger partial charge in [-0.25, -0.2) is 0 Å². The third-order valence-electron chi connectivity index (χ3n) is 5.03. The van der Waals surface area contributed by atoms with Crippen LogP contribution in [0.25, 0.3) is 0 Å². The van der Waals surface area contributed by atoms with Gasteiger partial charge in [-0.2, -0.15) is 0 Å². The Bertz CT molecular complexity index is 640. The summed E-state index contributed by atoms with van der Waals surface area (Å²) in [6, 6.07) is 18.3. The highest BCUT2D eigenvalue weighted by Gasteiger charge is 2.35. The summed E-state index contributed by atoms with van der Waals surface area (Å²) in [4.78, 5) is 2.66. The molecule has 0 spiro atoms. The molecular formula is C19H22BrNO. The third kappa shape index (κ3) is 2.57. The normalized spacial score (nSPS) is 23.3. The Morgan fingerprint density at radius 3 is 2.45 bits per heavy atom. The summed E-state index contributed by atoms with van der Waals surface area (Å²) < 4.78 is 5.28. The van der Waals surface area contributed by atoms with Gasteiger partial charge in [-0.1, -0.05) is 36.4 Å². The lowest BCUT2D eigenvalue weighted by molar-refractivity contribution is 0.230. The van der Waals surface area contributed by atoms with E-state index in [4.69, 9.17) is 4.74 Å². The molecule has 2 heterocycles. The van der Waals surface area contributed by atoms with Gasteiger partial charge in [0.05, 0.1) is 7.11 Å².